The van der Waals surface area contributed by atoms with Crippen molar-refractivity contribution in [3.8, 4) is 0 Å². The highest BCUT2D eigenvalue weighted by molar-refractivity contribution is 6.30. The van der Waals surface area contributed by atoms with Crippen LogP contribution in [-0.2, 0) is 6.42 Å². The van der Waals surface area contributed by atoms with E-state index in [1.807, 2.05) is 24.3 Å². The predicted molar refractivity (Wildman–Crippen MR) is 98.8 cm³/mol. The van der Waals surface area contributed by atoms with Gasteiger partial charge >= 0.3 is 0 Å². The molecule has 1 aromatic heterocycles. The first-order chi connectivity index (χ1) is 10.6. The molecule has 132 valence electrons. The number of benzene rings is 1. The number of aliphatic hydroxyl groups is 1. The van der Waals surface area contributed by atoms with Crippen LogP contribution in [0.15, 0.2) is 42.7 Å². The normalized spacial score (nSPS) is 20.8. The highest BCUT2D eigenvalue weighted by Gasteiger charge is 2.30. The van der Waals surface area contributed by atoms with Crippen molar-refractivity contribution in [2.24, 2.45) is 0 Å². The van der Waals surface area contributed by atoms with E-state index in [4.69, 9.17) is 11.6 Å². The number of hydrogen-bond donors (Lipinski definition) is 2. The van der Waals surface area contributed by atoms with E-state index >= 15 is 0 Å². The molecule has 24 heavy (non-hydrogen) atoms. The minimum Gasteiger partial charge on any atom is -0.387 e. The van der Waals surface area contributed by atoms with Crippen LogP contribution in [-0.4, -0.2) is 22.2 Å². The summed E-state index contributed by atoms with van der Waals surface area (Å²) in [5.74, 6) is -0.424. The van der Waals surface area contributed by atoms with Crippen molar-refractivity contribution in [3.63, 3.8) is 0 Å². The lowest BCUT2D eigenvalue weighted by Gasteiger charge is -2.20. The van der Waals surface area contributed by atoms with Crippen molar-refractivity contribution in [3.05, 3.63) is 64.7 Å². The fraction of sp³-hybridized carbons (Fsp3) is 0.353. The Morgan fingerprint density at radius 3 is 2.58 bits per heavy atom. The highest BCUT2D eigenvalue weighted by atomic mass is 35.5. The standard InChI is InChI=1S/C17H18ClFN2O.2ClH/c18-13-3-1-11(2-4-13)7-15-5-6-16(21-15)17(22)12-8-14(19)10-20-9-12;;/h1-4,8-10,15-17,21-22H,5-7H2;2*1H/t15-,16+,17+;;/m0../s1. The second kappa shape index (κ2) is 9.54. The Kier molecular flexibility index (Phi) is 8.40. The second-order valence-electron chi connectivity index (χ2n) is 5.76. The molecule has 0 spiro atoms. The van der Waals surface area contributed by atoms with Gasteiger partial charge in [-0.3, -0.25) is 4.98 Å². The van der Waals surface area contributed by atoms with Crippen molar-refractivity contribution in [1.29, 1.82) is 0 Å². The summed E-state index contributed by atoms with van der Waals surface area (Å²) in [6.07, 6.45) is 4.65. The summed E-state index contributed by atoms with van der Waals surface area (Å²) >= 11 is 5.89. The Morgan fingerprint density at radius 2 is 1.92 bits per heavy atom. The molecule has 7 heteroatoms. The van der Waals surface area contributed by atoms with E-state index in [-0.39, 0.29) is 30.9 Å². The Labute approximate surface area is 158 Å². The maximum Gasteiger partial charge on any atom is 0.141 e. The number of aliphatic hydroxyl groups excluding tert-OH is 1. The van der Waals surface area contributed by atoms with Crippen LogP contribution in [0.3, 0.4) is 0 Å². The van der Waals surface area contributed by atoms with Crippen LogP contribution < -0.4 is 5.32 Å². The van der Waals surface area contributed by atoms with Gasteiger partial charge in [-0.25, -0.2) is 4.39 Å². The first kappa shape index (κ1) is 21.1. The van der Waals surface area contributed by atoms with Crippen LogP contribution in [0.2, 0.25) is 5.02 Å². The van der Waals surface area contributed by atoms with Gasteiger partial charge in [-0.1, -0.05) is 23.7 Å². The van der Waals surface area contributed by atoms with Crippen molar-refractivity contribution in [1.82, 2.24) is 10.3 Å². The molecule has 1 aliphatic heterocycles. The minimum atomic E-state index is -0.738. The van der Waals surface area contributed by atoms with Gasteiger partial charge < -0.3 is 10.4 Å². The van der Waals surface area contributed by atoms with Crippen LogP contribution >= 0.6 is 36.4 Å². The van der Waals surface area contributed by atoms with E-state index in [9.17, 15) is 9.50 Å². The molecule has 3 nitrogen and oxygen atoms in total. The molecule has 0 radical (unpaired) electrons. The summed E-state index contributed by atoms with van der Waals surface area (Å²) in [5.41, 5.74) is 1.73. The first-order valence-corrected chi connectivity index (χ1v) is 7.78. The topological polar surface area (TPSA) is 45.2 Å². The molecule has 0 saturated carbocycles. The van der Waals surface area contributed by atoms with Gasteiger partial charge in [-0.05, 0) is 43.0 Å². The lowest BCUT2D eigenvalue weighted by molar-refractivity contribution is 0.134. The first-order valence-electron chi connectivity index (χ1n) is 7.41. The quantitative estimate of drug-likeness (QED) is 0.821. The molecule has 2 heterocycles. The number of hydrogen-bond acceptors (Lipinski definition) is 3. The average Bonchev–Trinajstić information content (AvgIpc) is 2.97. The monoisotopic (exact) mass is 392 g/mol. The Balaban J connectivity index is 0.00000144. The maximum absolute atomic E-state index is 13.2. The maximum atomic E-state index is 13.2. The summed E-state index contributed by atoms with van der Waals surface area (Å²) in [7, 11) is 0. The summed E-state index contributed by atoms with van der Waals surface area (Å²) in [5, 5.41) is 14.5. The lowest BCUT2D eigenvalue weighted by Crippen LogP contribution is -2.35. The van der Waals surface area contributed by atoms with Crippen molar-refractivity contribution in [2.45, 2.75) is 37.5 Å². The van der Waals surface area contributed by atoms with Gasteiger partial charge in [0.05, 0.1) is 12.3 Å². The molecule has 0 bridgehead atoms. The molecular weight excluding hydrogens is 374 g/mol. The molecule has 0 amide bonds. The second-order valence-corrected chi connectivity index (χ2v) is 6.20. The minimum absolute atomic E-state index is 0. The average molecular weight is 394 g/mol. The molecular formula is C17H20Cl3FN2O. The van der Waals surface area contributed by atoms with Gasteiger partial charge in [0.15, 0.2) is 0 Å². The van der Waals surface area contributed by atoms with Crippen LogP contribution in [0.4, 0.5) is 4.39 Å². The van der Waals surface area contributed by atoms with Gasteiger partial charge in [0.1, 0.15) is 5.82 Å². The fourth-order valence-electron chi connectivity index (χ4n) is 2.99. The van der Waals surface area contributed by atoms with E-state index in [0.717, 1.165) is 30.5 Å². The summed E-state index contributed by atoms with van der Waals surface area (Å²) in [4.78, 5) is 3.80. The number of nitrogens with one attached hydrogen (secondary N) is 1. The zero-order valence-electron chi connectivity index (χ0n) is 12.9. The van der Waals surface area contributed by atoms with Crippen LogP contribution in [0.5, 0.6) is 0 Å². The van der Waals surface area contributed by atoms with E-state index in [1.54, 1.807) is 0 Å². The van der Waals surface area contributed by atoms with Crippen LogP contribution in [0.1, 0.15) is 30.1 Å². The fourth-order valence-corrected chi connectivity index (χ4v) is 3.11. The van der Waals surface area contributed by atoms with Gasteiger partial charge in [0, 0.05) is 28.9 Å². The number of rotatable bonds is 4. The van der Waals surface area contributed by atoms with E-state index < -0.39 is 11.9 Å². The third-order valence-corrected chi connectivity index (χ3v) is 4.37. The number of halogens is 4. The molecule has 1 aliphatic rings. The van der Waals surface area contributed by atoms with Gasteiger partial charge in [0.2, 0.25) is 0 Å². The predicted octanol–water partition coefficient (Wildman–Crippen LogP) is 4.11. The van der Waals surface area contributed by atoms with E-state index in [1.165, 1.54) is 17.8 Å². The Hall–Kier alpha value is -0.910. The number of pyridine rings is 1. The van der Waals surface area contributed by atoms with Crippen LogP contribution in [0.25, 0.3) is 0 Å². The lowest BCUT2D eigenvalue weighted by atomic mass is 10.0. The molecule has 1 aromatic carbocycles. The molecule has 2 N–H and O–H groups in total. The Bertz CT molecular complexity index is 642. The molecule has 2 aromatic rings. The van der Waals surface area contributed by atoms with Crippen molar-refractivity contribution >= 4 is 36.4 Å². The summed E-state index contributed by atoms with van der Waals surface area (Å²) in [6, 6.07) is 9.39. The number of nitrogens with zero attached hydrogens (tertiary/aromatic N) is 1. The Morgan fingerprint density at radius 1 is 1.21 bits per heavy atom. The molecule has 0 aliphatic carbocycles. The zero-order valence-corrected chi connectivity index (χ0v) is 15.3. The molecule has 0 unspecified atom stereocenters. The highest BCUT2D eigenvalue weighted by Crippen LogP contribution is 2.26. The molecule has 1 saturated heterocycles. The third kappa shape index (κ3) is 5.30. The largest absolute Gasteiger partial charge is 0.387 e. The van der Waals surface area contributed by atoms with Crippen molar-refractivity contribution < 1.29 is 9.50 Å². The van der Waals surface area contributed by atoms with E-state index in [0.29, 0.717) is 11.6 Å². The summed E-state index contributed by atoms with van der Waals surface area (Å²) in [6.45, 7) is 0. The third-order valence-electron chi connectivity index (χ3n) is 4.12. The molecule has 3 rings (SSSR count). The van der Waals surface area contributed by atoms with Gasteiger partial charge in [-0.2, -0.15) is 0 Å². The SMILES string of the molecule is Cl.Cl.O[C@H](c1cncc(F)c1)[C@H]1CC[C@@H](Cc2ccc(Cl)cc2)N1. The van der Waals surface area contributed by atoms with Crippen molar-refractivity contribution in [2.75, 3.05) is 0 Å². The number of aromatic nitrogens is 1. The van der Waals surface area contributed by atoms with Crippen LogP contribution in [0, 0.1) is 5.82 Å². The molecule has 3 atom stereocenters. The van der Waals surface area contributed by atoms with E-state index in [2.05, 4.69) is 10.3 Å². The van der Waals surface area contributed by atoms with Gasteiger partial charge in [-0.15, -0.1) is 24.8 Å². The summed E-state index contributed by atoms with van der Waals surface area (Å²) < 4.78 is 13.2. The molecule has 1 fully saturated rings. The zero-order chi connectivity index (χ0) is 15.5. The smallest absolute Gasteiger partial charge is 0.141 e. The van der Waals surface area contributed by atoms with Gasteiger partial charge in [0.25, 0.3) is 0 Å².